The normalized spacial score (nSPS) is 11.8. The van der Waals surface area contributed by atoms with E-state index in [4.69, 9.17) is 15.0 Å². The first-order chi connectivity index (χ1) is 26.0. The number of aryl methyl sites for hydroxylation is 1. The monoisotopic (exact) mass is 897 g/mol. The molecule has 0 aliphatic heterocycles. The molecule has 0 spiro atoms. The molecule has 0 aliphatic carbocycles. The molecule has 3 heterocycles. The van der Waals surface area contributed by atoms with Gasteiger partial charge in [-0.2, -0.15) is 0 Å². The molecule has 0 unspecified atom stereocenters. The molecule has 55 heavy (non-hydrogen) atoms. The van der Waals surface area contributed by atoms with Gasteiger partial charge in [0.2, 0.25) is 0 Å². The van der Waals surface area contributed by atoms with E-state index >= 15 is 0 Å². The van der Waals surface area contributed by atoms with Crippen molar-refractivity contribution in [2.75, 3.05) is 4.90 Å². The molecule has 8 rings (SSSR count). The molecule has 276 valence electrons. The van der Waals surface area contributed by atoms with Gasteiger partial charge in [0.15, 0.2) is 0 Å². The molecule has 0 fully saturated rings. The Labute approximate surface area is 340 Å². The van der Waals surface area contributed by atoms with Crippen molar-refractivity contribution in [3.05, 3.63) is 162 Å². The molecule has 4 nitrogen and oxygen atoms in total. The zero-order valence-electron chi connectivity index (χ0n) is 32.6. The minimum absolute atomic E-state index is 0. The van der Waals surface area contributed by atoms with Crippen LogP contribution < -0.4 is 9.88 Å². The maximum atomic E-state index is 5.48. The number of hydrogen-bond donors (Lipinski definition) is 0. The summed E-state index contributed by atoms with van der Waals surface area (Å²) in [6.45, 7) is 16.0. The molecule has 8 aromatic rings. The molecular formula is C50H46N4Pt. The van der Waals surface area contributed by atoms with Crippen LogP contribution in [0.4, 0.5) is 17.2 Å². The quantitative estimate of drug-likeness (QED) is 0.150. The van der Waals surface area contributed by atoms with E-state index in [-0.39, 0.29) is 31.9 Å². The molecule has 0 saturated carbocycles. The van der Waals surface area contributed by atoms with E-state index in [9.17, 15) is 0 Å². The summed E-state index contributed by atoms with van der Waals surface area (Å²) >= 11 is 0. The second-order valence-corrected chi connectivity index (χ2v) is 16.3. The van der Waals surface area contributed by atoms with Crippen molar-refractivity contribution in [1.29, 1.82) is 0 Å². The van der Waals surface area contributed by atoms with Crippen molar-refractivity contribution >= 4 is 39.0 Å². The maximum absolute atomic E-state index is 5.48. The van der Waals surface area contributed by atoms with Crippen LogP contribution in [0.2, 0.25) is 0 Å². The minimum atomic E-state index is -0.0237. The number of nitrogens with zero attached hydrogens (tertiary/aromatic N) is 4. The Morgan fingerprint density at radius 3 is 1.98 bits per heavy atom. The van der Waals surface area contributed by atoms with E-state index in [2.05, 4.69) is 169 Å². The predicted molar refractivity (Wildman–Crippen MR) is 227 cm³/mol. The average Bonchev–Trinajstić information content (AvgIpc) is 3.57. The number of fused-ring (bicyclic) bond motifs is 3. The third-order valence-corrected chi connectivity index (χ3v) is 10.3. The molecule has 5 aromatic carbocycles. The molecule has 0 saturated heterocycles. The zero-order chi connectivity index (χ0) is 37.6. The Hall–Kier alpha value is -5.31. The van der Waals surface area contributed by atoms with Gasteiger partial charge in [-0.25, -0.2) is 4.98 Å². The van der Waals surface area contributed by atoms with Crippen LogP contribution in [0.1, 0.15) is 65.2 Å². The zero-order valence-corrected chi connectivity index (χ0v) is 34.9. The molecular weight excluding hydrogens is 852 g/mol. The van der Waals surface area contributed by atoms with E-state index < -0.39 is 0 Å². The number of aromatic nitrogens is 3. The second-order valence-electron chi connectivity index (χ2n) is 16.3. The standard InChI is InChI=1S/C50H46N4.Pt/c1-8-33-25-36(29-40(26-33)54(39-17-10-9-11-18-39)47-23-14-15-24-51-47)45-30-35(34-27-37(49(2,3)4)32-38(28-34)50(5,6)7)31-46(52-45)43-21-16-20-42-41-19-12-13-22-44(41)53-48(42)43;/h9-28,30-32H,8H2,1-7H3;/q-2;+2. The third-order valence-electron chi connectivity index (χ3n) is 10.3. The number of anilines is 3. The molecule has 0 aliphatic rings. The fourth-order valence-electron chi connectivity index (χ4n) is 7.17. The summed E-state index contributed by atoms with van der Waals surface area (Å²) in [5, 5.41) is 2.29. The molecule has 0 amide bonds. The van der Waals surface area contributed by atoms with Crippen molar-refractivity contribution in [3.63, 3.8) is 0 Å². The van der Waals surface area contributed by atoms with Gasteiger partial charge in [-0.3, -0.25) is 4.98 Å². The van der Waals surface area contributed by atoms with Crippen molar-refractivity contribution in [1.82, 2.24) is 15.0 Å². The predicted octanol–water partition coefficient (Wildman–Crippen LogP) is 13.2. The van der Waals surface area contributed by atoms with Crippen molar-refractivity contribution in [2.45, 2.75) is 65.7 Å². The number of para-hydroxylation sites is 3. The van der Waals surface area contributed by atoms with E-state index in [1.807, 2.05) is 30.5 Å². The number of hydrogen-bond acceptors (Lipinski definition) is 3. The van der Waals surface area contributed by atoms with Gasteiger partial charge in [0.25, 0.3) is 0 Å². The average molecular weight is 898 g/mol. The molecule has 5 heteroatoms. The van der Waals surface area contributed by atoms with E-state index in [0.717, 1.165) is 73.5 Å². The molecule has 0 radical (unpaired) electrons. The van der Waals surface area contributed by atoms with Gasteiger partial charge in [0.1, 0.15) is 5.82 Å². The Bertz CT molecular complexity index is 2540. The van der Waals surface area contributed by atoms with Gasteiger partial charge in [-0.05, 0) is 97.6 Å². The molecule has 0 N–H and O–H groups in total. The number of pyridine rings is 2. The van der Waals surface area contributed by atoms with Crippen LogP contribution in [0.25, 0.3) is 55.4 Å². The van der Waals surface area contributed by atoms with Gasteiger partial charge in [-0.15, -0.1) is 40.4 Å². The molecule has 0 atom stereocenters. The van der Waals surface area contributed by atoms with Crippen molar-refractivity contribution in [2.24, 2.45) is 0 Å². The first kappa shape index (κ1) is 38.0. The van der Waals surface area contributed by atoms with Gasteiger partial charge in [0.05, 0.1) is 5.69 Å². The van der Waals surface area contributed by atoms with Crippen LogP contribution in [0.5, 0.6) is 0 Å². The SMILES string of the molecule is CCc1cc(-c2cc(-c3cc(C(C)(C)C)cc(C(C)(C)C)c3)cc(-c3cccc4c3[n-]c3ccccc34)n2)[c-]c(N(c2ccccc2)c2ccccn2)c1.[Pt+2]. The van der Waals surface area contributed by atoms with Gasteiger partial charge in [-0.1, -0.05) is 139 Å². The third kappa shape index (κ3) is 7.66. The number of benzene rings is 5. The van der Waals surface area contributed by atoms with Gasteiger partial charge in [0, 0.05) is 11.9 Å². The summed E-state index contributed by atoms with van der Waals surface area (Å²) in [4.78, 5) is 17.6. The summed E-state index contributed by atoms with van der Waals surface area (Å²) in [5.41, 5.74) is 13.6. The maximum Gasteiger partial charge on any atom is 2.00 e. The van der Waals surface area contributed by atoms with Crippen molar-refractivity contribution < 1.29 is 21.1 Å². The van der Waals surface area contributed by atoms with Crippen LogP contribution in [0.3, 0.4) is 0 Å². The Kier molecular flexibility index (Phi) is 10.4. The fraction of sp³-hybridized carbons (Fsp3) is 0.200. The fourth-order valence-corrected chi connectivity index (χ4v) is 7.17. The van der Waals surface area contributed by atoms with Gasteiger partial charge >= 0.3 is 21.1 Å². The Morgan fingerprint density at radius 2 is 1.29 bits per heavy atom. The summed E-state index contributed by atoms with van der Waals surface area (Å²) in [7, 11) is 0. The summed E-state index contributed by atoms with van der Waals surface area (Å²) in [6.07, 6.45) is 2.70. The van der Waals surface area contributed by atoms with E-state index in [1.165, 1.54) is 22.3 Å². The largest absolute Gasteiger partial charge is 2.00 e. The smallest absolute Gasteiger partial charge is 0.656 e. The second kappa shape index (κ2) is 15.1. The number of rotatable bonds is 7. The van der Waals surface area contributed by atoms with Crippen LogP contribution in [-0.4, -0.2) is 9.97 Å². The van der Waals surface area contributed by atoms with Crippen LogP contribution in [-0.2, 0) is 38.3 Å². The van der Waals surface area contributed by atoms with Crippen LogP contribution >= 0.6 is 0 Å². The molecule has 0 bridgehead atoms. The Balaban J connectivity index is 0.00000465. The van der Waals surface area contributed by atoms with Crippen LogP contribution in [0.15, 0.2) is 140 Å². The molecule has 3 aromatic heterocycles. The van der Waals surface area contributed by atoms with Crippen molar-refractivity contribution in [3.8, 4) is 33.6 Å². The Morgan fingerprint density at radius 1 is 0.636 bits per heavy atom. The van der Waals surface area contributed by atoms with E-state index in [1.54, 1.807) is 0 Å². The van der Waals surface area contributed by atoms with E-state index in [0.29, 0.717) is 0 Å². The summed E-state index contributed by atoms with van der Waals surface area (Å²) in [6, 6.07) is 51.2. The van der Waals surface area contributed by atoms with Crippen LogP contribution in [0, 0.1) is 6.07 Å². The topological polar surface area (TPSA) is 43.1 Å². The first-order valence-electron chi connectivity index (χ1n) is 18.9. The summed E-state index contributed by atoms with van der Waals surface area (Å²) in [5.74, 6) is 0.830. The minimum Gasteiger partial charge on any atom is -0.656 e. The summed E-state index contributed by atoms with van der Waals surface area (Å²) < 4.78 is 0. The van der Waals surface area contributed by atoms with Gasteiger partial charge < -0.3 is 9.88 Å². The first-order valence-corrected chi connectivity index (χ1v) is 18.9.